The Hall–Kier alpha value is 0.680. The predicted molar refractivity (Wildman–Crippen MR) is 70.4 cm³/mol. The van der Waals surface area contributed by atoms with Crippen molar-refractivity contribution < 1.29 is 9.90 Å². The average Bonchev–Trinajstić information content (AvgIpc) is 2.48. The molecule has 0 aromatic rings. The molecule has 3 N–H and O–H groups in total. The predicted octanol–water partition coefficient (Wildman–Crippen LogP) is 0.910. The van der Waals surface area contributed by atoms with Crippen LogP contribution in [-0.4, -0.2) is 34.4 Å². The summed E-state index contributed by atoms with van der Waals surface area (Å²) in [5.74, 6) is 0.183. The number of hydrogen-bond donors (Lipinski definition) is 2. The summed E-state index contributed by atoms with van der Waals surface area (Å²) in [6.07, 6.45) is 0.909. The molecule has 1 aliphatic rings. The van der Waals surface area contributed by atoms with Gasteiger partial charge in [0.1, 0.15) is 0 Å². The third-order valence-electron chi connectivity index (χ3n) is 2.75. The molecule has 15 heavy (non-hydrogen) atoms. The van der Waals surface area contributed by atoms with E-state index in [2.05, 4.69) is 17.9 Å². The van der Waals surface area contributed by atoms with Gasteiger partial charge in [0, 0.05) is 26.0 Å². The summed E-state index contributed by atoms with van der Waals surface area (Å²) >= 11 is 0. The van der Waals surface area contributed by atoms with Gasteiger partial charge in [-0.25, -0.2) is 0 Å². The Labute approximate surface area is 96.3 Å². The second-order valence-corrected chi connectivity index (χ2v) is 10.2. The summed E-state index contributed by atoms with van der Waals surface area (Å²) in [6, 6.07) is -0.292. The Morgan fingerprint density at radius 3 is 2.73 bits per heavy atom. The zero-order valence-corrected chi connectivity index (χ0v) is 12.0. The van der Waals surface area contributed by atoms with Crippen molar-refractivity contribution in [3.63, 3.8) is 0 Å². The van der Waals surface area contributed by atoms with Crippen molar-refractivity contribution in [1.82, 2.24) is 4.67 Å². The number of rotatable bonds is 4. The largest absolute Gasteiger partial charge is 0.392 e. The fourth-order valence-electron chi connectivity index (χ4n) is 1.70. The van der Waals surface area contributed by atoms with Crippen LogP contribution in [0.5, 0.6) is 0 Å². The lowest BCUT2D eigenvalue weighted by Gasteiger charge is -2.22. The zero-order chi connectivity index (χ0) is 11.6. The van der Waals surface area contributed by atoms with Gasteiger partial charge in [0.2, 0.25) is 5.91 Å². The van der Waals surface area contributed by atoms with E-state index in [1.807, 2.05) is 4.67 Å². The first kappa shape index (κ1) is 13.7. The van der Waals surface area contributed by atoms with Gasteiger partial charge in [0.15, 0.2) is 0 Å². The number of aliphatic hydroxyl groups is 1. The maximum absolute atomic E-state index is 11.9. The molecule has 4 nitrogen and oxygen atoms in total. The number of nitrogens with zero attached hydrogens (tertiary/aromatic N) is 1. The van der Waals surface area contributed by atoms with Crippen molar-refractivity contribution in [3.05, 3.63) is 0 Å². The molecule has 0 aliphatic carbocycles. The number of amides is 1. The van der Waals surface area contributed by atoms with Crippen LogP contribution in [0.4, 0.5) is 0 Å². The molecule has 5 atom stereocenters. The molecule has 0 aromatic carbocycles. The van der Waals surface area contributed by atoms with E-state index in [1.54, 1.807) is 6.92 Å². The van der Waals surface area contributed by atoms with E-state index >= 15 is 0 Å². The maximum Gasteiger partial charge on any atom is 0.229 e. The quantitative estimate of drug-likeness (QED) is 0.745. The molecule has 1 saturated heterocycles. The number of carbonyl (C=O) groups excluding carboxylic acids is 1. The summed E-state index contributed by atoms with van der Waals surface area (Å²) in [7, 11) is 4.82. The van der Waals surface area contributed by atoms with Crippen molar-refractivity contribution in [2.75, 3.05) is 6.54 Å². The highest BCUT2D eigenvalue weighted by atomic mass is 32.4. The van der Waals surface area contributed by atoms with Crippen LogP contribution < -0.4 is 5.73 Å². The maximum atomic E-state index is 11.9. The van der Waals surface area contributed by atoms with Gasteiger partial charge in [-0.3, -0.25) is 4.79 Å². The van der Waals surface area contributed by atoms with Gasteiger partial charge in [-0.1, -0.05) is 17.9 Å². The number of carbonyl (C=O) groups is 1. The van der Waals surface area contributed by atoms with Crippen LogP contribution in [0.2, 0.25) is 0 Å². The van der Waals surface area contributed by atoms with Crippen molar-refractivity contribution in [2.45, 2.75) is 31.9 Å². The molecular weight excluding hydrogens is 249 g/mol. The molecule has 5 unspecified atom stereocenters. The van der Waals surface area contributed by atoms with E-state index in [0.717, 1.165) is 13.0 Å². The molecule has 1 fully saturated rings. The molecule has 0 radical (unpaired) electrons. The highest BCUT2D eigenvalue weighted by Crippen LogP contribution is 2.58. The Kier molecular flexibility index (Phi) is 5.36. The summed E-state index contributed by atoms with van der Waals surface area (Å²) in [4.78, 5) is 11.9. The zero-order valence-electron chi connectivity index (χ0n) is 8.84. The summed E-state index contributed by atoms with van der Waals surface area (Å²) in [6.45, 7) is 2.48. The van der Waals surface area contributed by atoms with Gasteiger partial charge in [-0.05, 0) is 19.8 Å². The van der Waals surface area contributed by atoms with Crippen LogP contribution in [0.3, 0.4) is 0 Å². The average molecular weight is 268 g/mol. The fourth-order valence-corrected chi connectivity index (χ4v) is 3.81. The van der Waals surface area contributed by atoms with Gasteiger partial charge < -0.3 is 15.5 Å². The molecule has 0 spiro atoms. The van der Waals surface area contributed by atoms with E-state index < -0.39 is 13.6 Å². The summed E-state index contributed by atoms with van der Waals surface area (Å²) in [5, 5.41) is 9.29. The second kappa shape index (κ2) is 5.84. The smallest absolute Gasteiger partial charge is 0.229 e. The third kappa shape index (κ3) is 3.58. The van der Waals surface area contributed by atoms with Gasteiger partial charge >= 0.3 is 0 Å². The second-order valence-electron chi connectivity index (χ2n) is 3.97. The van der Waals surface area contributed by atoms with Crippen molar-refractivity contribution in [3.8, 4) is 0 Å². The van der Waals surface area contributed by atoms with E-state index in [0.29, 0.717) is 6.42 Å². The van der Waals surface area contributed by atoms with Crippen LogP contribution in [0, 0.1) is 5.92 Å². The Morgan fingerprint density at radius 2 is 2.33 bits per heavy atom. The standard InChI is InChI=1S/C8H19N2O2P3/c1-5(11)7(9)4-6-2-3-10(8(6)12)15(13)14/h5-7,11H,2-4,9,13-14H2,1H3. The lowest BCUT2D eigenvalue weighted by Crippen LogP contribution is -2.36. The van der Waals surface area contributed by atoms with Crippen molar-refractivity contribution in [1.29, 1.82) is 0 Å². The first-order valence-corrected chi connectivity index (χ1v) is 9.51. The Balaban J connectivity index is 2.50. The van der Waals surface area contributed by atoms with E-state index in [1.165, 1.54) is 0 Å². The third-order valence-corrected chi connectivity index (χ3v) is 5.38. The van der Waals surface area contributed by atoms with Crippen LogP contribution >= 0.6 is 25.3 Å². The minimum absolute atomic E-state index is 0.000648. The molecule has 7 heteroatoms. The first-order chi connectivity index (χ1) is 6.93. The minimum atomic E-state index is -0.541. The molecule has 0 aromatic heterocycles. The molecule has 1 rings (SSSR count). The Bertz CT molecular complexity index is 238. The topological polar surface area (TPSA) is 66.6 Å². The summed E-state index contributed by atoms with van der Waals surface area (Å²) < 4.78 is 1.88. The van der Waals surface area contributed by atoms with E-state index in [-0.39, 0.29) is 17.9 Å². The highest BCUT2D eigenvalue weighted by Gasteiger charge is 2.34. The van der Waals surface area contributed by atoms with Crippen molar-refractivity contribution in [2.24, 2.45) is 11.7 Å². The van der Waals surface area contributed by atoms with Crippen molar-refractivity contribution >= 4 is 31.2 Å². The first-order valence-electron chi connectivity index (χ1n) is 4.98. The highest BCUT2D eigenvalue weighted by molar-refractivity contribution is 8.42. The van der Waals surface area contributed by atoms with Gasteiger partial charge in [-0.2, -0.15) is 0 Å². The molecule has 88 valence electrons. The normalized spacial score (nSPS) is 26.1. The molecule has 0 bridgehead atoms. The van der Waals surface area contributed by atoms with Gasteiger partial charge in [0.25, 0.3) is 0 Å². The fraction of sp³-hybridized carbons (Fsp3) is 0.875. The molecule has 0 saturated carbocycles. The number of nitrogens with two attached hydrogens (primary N) is 1. The van der Waals surface area contributed by atoms with Crippen LogP contribution in [0.1, 0.15) is 19.8 Å². The lowest BCUT2D eigenvalue weighted by molar-refractivity contribution is -0.127. The minimum Gasteiger partial charge on any atom is -0.392 e. The molecular formula is C8H19N2O2P3. The van der Waals surface area contributed by atoms with Crippen LogP contribution in [-0.2, 0) is 4.79 Å². The van der Waals surface area contributed by atoms with Gasteiger partial charge in [0.05, 0.1) is 6.10 Å². The van der Waals surface area contributed by atoms with E-state index in [4.69, 9.17) is 5.73 Å². The number of hydrogen-bond acceptors (Lipinski definition) is 3. The monoisotopic (exact) mass is 268 g/mol. The molecule has 1 amide bonds. The lowest BCUT2D eigenvalue weighted by atomic mass is 9.96. The number of aliphatic hydroxyl groups excluding tert-OH is 1. The Morgan fingerprint density at radius 1 is 1.73 bits per heavy atom. The van der Waals surface area contributed by atoms with Crippen LogP contribution in [0.15, 0.2) is 0 Å². The van der Waals surface area contributed by atoms with Gasteiger partial charge in [-0.15, -0.1) is 0 Å². The SMILES string of the molecule is CC(O)C(N)CC1CCN(P(P)P)C1=O. The molecule has 1 heterocycles. The summed E-state index contributed by atoms with van der Waals surface area (Å²) in [5.41, 5.74) is 5.75. The van der Waals surface area contributed by atoms with E-state index in [9.17, 15) is 9.90 Å². The van der Waals surface area contributed by atoms with Crippen LogP contribution in [0.25, 0.3) is 0 Å². The molecule has 1 aliphatic heterocycles.